The van der Waals surface area contributed by atoms with Gasteiger partial charge in [0.15, 0.2) is 5.82 Å². The van der Waals surface area contributed by atoms with E-state index >= 15 is 0 Å². The quantitative estimate of drug-likeness (QED) is 0.680. The van der Waals surface area contributed by atoms with Gasteiger partial charge in [0.05, 0.1) is 9.17 Å². The fraction of sp³-hybridized carbons (Fsp3) is 0.353. The number of rotatable bonds is 4. The first kappa shape index (κ1) is 17.3. The Morgan fingerprint density at radius 1 is 1.21 bits per heavy atom. The molecule has 0 radical (unpaired) electrons. The second-order valence-corrected chi connectivity index (χ2v) is 8.33. The lowest BCUT2D eigenvalue weighted by Gasteiger charge is -2.16. The standard InChI is InChI=1S/C17H20BrN5S/c1-17(2,3)14-11(18)12-13(24-14)16(21-9-6-19)23-15(22-12)10-4-7-20-8-5-10/h4-5,7-8H,6,9,19H2,1-3H3,(H,21,22,23). The molecule has 3 aromatic heterocycles. The number of aromatic nitrogens is 3. The van der Waals surface area contributed by atoms with E-state index in [-0.39, 0.29) is 5.41 Å². The van der Waals surface area contributed by atoms with Crippen LogP contribution in [-0.4, -0.2) is 28.0 Å². The Morgan fingerprint density at radius 2 is 1.92 bits per heavy atom. The number of hydrogen-bond acceptors (Lipinski definition) is 6. The first-order valence-electron chi connectivity index (χ1n) is 7.76. The van der Waals surface area contributed by atoms with Gasteiger partial charge in [0.2, 0.25) is 0 Å². The van der Waals surface area contributed by atoms with Gasteiger partial charge in [-0.3, -0.25) is 4.98 Å². The molecule has 0 aliphatic heterocycles. The van der Waals surface area contributed by atoms with Gasteiger partial charge >= 0.3 is 0 Å². The molecule has 0 aliphatic carbocycles. The minimum absolute atomic E-state index is 0.0339. The molecule has 126 valence electrons. The number of thiophene rings is 1. The maximum Gasteiger partial charge on any atom is 0.162 e. The van der Waals surface area contributed by atoms with Crippen molar-refractivity contribution in [3.63, 3.8) is 0 Å². The number of nitrogens with zero attached hydrogens (tertiary/aromatic N) is 3. The van der Waals surface area contributed by atoms with Crippen molar-refractivity contribution in [3.05, 3.63) is 33.9 Å². The highest BCUT2D eigenvalue weighted by Gasteiger charge is 2.25. The van der Waals surface area contributed by atoms with Crippen LogP contribution in [0.1, 0.15) is 25.6 Å². The van der Waals surface area contributed by atoms with Gasteiger partial charge < -0.3 is 11.1 Å². The highest BCUT2D eigenvalue weighted by Crippen LogP contribution is 2.44. The third-order valence-electron chi connectivity index (χ3n) is 3.53. The van der Waals surface area contributed by atoms with Crippen LogP contribution in [0.3, 0.4) is 0 Å². The highest BCUT2D eigenvalue weighted by molar-refractivity contribution is 9.10. The predicted molar refractivity (Wildman–Crippen MR) is 105 cm³/mol. The molecule has 0 aliphatic rings. The van der Waals surface area contributed by atoms with Gasteiger partial charge in [-0.2, -0.15) is 0 Å². The van der Waals surface area contributed by atoms with Crippen molar-refractivity contribution in [2.45, 2.75) is 26.2 Å². The fourth-order valence-corrected chi connectivity index (χ4v) is 4.78. The van der Waals surface area contributed by atoms with E-state index in [0.29, 0.717) is 18.9 Å². The van der Waals surface area contributed by atoms with Crippen molar-refractivity contribution in [1.82, 2.24) is 15.0 Å². The average molecular weight is 406 g/mol. The van der Waals surface area contributed by atoms with Crippen LogP contribution < -0.4 is 11.1 Å². The van der Waals surface area contributed by atoms with Crippen LogP contribution in [-0.2, 0) is 5.41 Å². The van der Waals surface area contributed by atoms with Crippen molar-refractivity contribution < 1.29 is 0 Å². The molecule has 0 bridgehead atoms. The van der Waals surface area contributed by atoms with E-state index in [0.717, 1.165) is 26.1 Å². The summed E-state index contributed by atoms with van der Waals surface area (Å²) in [7, 11) is 0. The summed E-state index contributed by atoms with van der Waals surface area (Å²) in [6, 6.07) is 3.83. The van der Waals surface area contributed by atoms with Crippen molar-refractivity contribution in [2.24, 2.45) is 5.73 Å². The Balaban J connectivity index is 2.24. The van der Waals surface area contributed by atoms with E-state index in [9.17, 15) is 0 Å². The number of hydrogen-bond donors (Lipinski definition) is 2. The Bertz CT molecular complexity index is 855. The first-order valence-corrected chi connectivity index (χ1v) is 9.37. The van der Waals surface area contributed by atoms with E-state index in [1.807, 2.05) is 12.1 Å². The summed E-state index contributed by atoms with van der Waals surface area (Å²) in [4.78, 5) is 14.9. The van der Waals surface area contributed by atoms with Gasteiger partial charge in [0.1, 0.15) is 11.3 Å². The normalized spacial score (nSPS) is 11.9. The van der Waals surface area contributed by atoms with Crippen LogP contribution in [0.4, 0.5) is 5.82 Å². The van der Waals surface area contributed by atoms with Crippen LogP contribution in [0, 0.1) is 0 Å². The molecule has 0 saturated carbocycles. The van der Waals surface area contributed by atoms with Gasteiger partial charge in [-0.25, -0.2) is 9.97 Å². The summed E-state index contributed by atoms with van der Waals surface area (Å²) in [5, 5.41) is 3.34. The maximum absolute atomic E-state index is 5.65. The van der Waals surface area contributed by atoms with Crippen LogP contribution in [0.2, 0.25) is 0 Å². The van der Waals surface area contributed by atoms with Gasteiger partial charge in [0.25, 0.3) is 0 Å². The number of anilines is 1. The average Bonchev–Trinajstić information content (AvgIpc) is 2.91. The predicted octanol–water partition coefficient (Wildman–Crippen LogP) is 4.18. The Labute approximate surface area is 153 Å². The lowest BCUT2D eigenvalue weighted by atomic mass is 9.95. The Hall–Kier alpha value is -1.57. The number of fused-ring (bicyclic) bond motifs is 1. The van der Waals surface area contributed by atoms with Crippen LogP contribution >= 0.6 is 27.3 Å². The molecule has 3 rings (SSSR count). The number of nitrogens with one attached hydrogen (secondary N) is 1. The molecule has 0 aromatic carbocycles. The molecule has 3 heterocycles. The molecular formula is C17H20BrN5S. The largest absolute Gasteiger partial charge is 0.367 e. The lowest BCUT2D eigenvalue weighted by molar-refractivity contribution is 0.601. The molecule has 0 fully saturated rings. The topological polar surface area (TPSA) is 76.7 Å². The zero-order chi connectivity index (χ0) is 17.3. The first-order chi connectivity index (χ1) is 11.4. The number of nitrogens with two attached hydrogens (primary N) is 1. The molecule has 0 saturated heterocycles. The second-order valence-electron chi connectivity index (χ2n) is 6.52. The molecule has 24 heavy (non-hydrogen) atoms. The summed E-state index contributed by atoms with van der Waals surface area (Å²) >= 11 is 5.48. The molecule has 0 atom stereocenters. The number of pyridine rings is 1. The summed E-state index contributed by atoms with van der Waals surface area (Å²) in [5.41, 5.74) is 7.57. The molecule has 7 heteroatoms. The maximum atomic E-state index is 5.65. The van der Waals surface area contributed by atoms with E-state index in [2.05, 4.69) is 47.0 Å². The molecule has 0 unspecified atom stereocenters. The zero-order valence-electron chi connectivity index (χ0n) is 13.9. The minimum Gasteiger partial charge on any atom is -0.367 e. The van der Waals surface area contributed by atoms with E-state index in [1.165, 1.54) is 4.88 Å². The molecule has 3 N–H and O–H groups in total. The summed E-state index contributed by atoms with van der Waals surface area (Å²) in [6.45, 7) is 7.82. The van der Waals surface area contributed by atoms with Crippen molar-refractivity contribution in [3.8, 4) is 11.4 Å². The van der Waals surface area contributed by atoms with E-state index in [4.69, 9.17) is 15.7 Å². The minimum atomic E-state index is 0.0339. The van der Waals surface area contributed by atoms with Crippen molar-refractivity contribution in [2.75, 3.05) is 18.4 Å². The molecule has 3 aromatic rings. The van der Waals surface area contributed by atoms with Crippen LogP contribution in [0.15, 0.2) is 29.0 Å². The van der Waals surface area contributed by atoms with E-state index < -0.39 is 0 Å². The third kappa shape index (κ3) is 3.29. The van der Waals surface area contributed by atoms with Crippen LogP contribution in [0.5, 0.6) is 0 Å². The molecular weight excluding hydrogens is 386 g/mol. The Kier molecular flexibility index (Phi) is 4.85. The van der Waals surface area contributed by atoms with Gasteiger partial charge in [0, 0.05) is 35.9 Å². The lowest BCUT2D eigenvalue weighted by Crippen LogP contribution is -2.14. The van der Waals surface area contributed by atoms with Gasteiger partial charge in [-0.1, -0.05) is 20.8 Å². The molecule has 0 spiro atoms. The summed E-state index contributed by atoms with van der Waals surface area (Å²) in [5.74, 6) is 1.52. The monoisotopic (exact) mass is 405 g/mol. The third-order valence-corrected chi connectivity index (χ3v) is 6.18. The zero-order valence-corrected chi connectivity index (χ0v) is 16.3. The SMILES string of the molecule is CC(C)(C)c1sc2c(NCCN)nc(-c3ccncc3)nc2c1Br. The van der Waals surface area contributed by atoms with Gasteiger partial charge in [-0.05, 0) is 33.5 Å². The second kappa shape index (κ2) is 6.74. The van der Waals surface area contributed by atoms with Crippen LogP contribution in [0.25, 0.3) is 21.6 Å². The number of halogens is 1. The van der Waals surface area contributed by atoms with Crippen molar-refractivity contribution >= 4 is 43.3 Å². The smallest absolute Gasteiger partial charge is 0.162 e. The summed E-state index contributed by atoms with van der Waals surface area (Å²) in [6.07, 6.45) is 3.50. The summed E-state index contributed by atoms with van der Waals surface area (Å²) < 4.78 is 2.10. The molecule has 5 nitrogen and oxygen atoms in total. The molecule has 0 amide bonds. The van der Waals surface area contributed by atoms with Gasteiger partial charge in [-0.15, -0.1) is 11.3 Å². The van der Waals surface area contributed by atoms with E-state index in [1.54, 1.807) is 23.7 Å². The fourth-order valence-electron chi connectivity index (χ4n) is 2.37. The highest BCUT2D eigenvalue weighted by atomic mass is 79.9. The van der Waals surface area contributed by atoms with Crippen molar-refractivity contribution in [1.29, 1.82) is 0 Å². The Morgan fingerprint density at radius 3 is 2.54 bits per heavy atom.